The summed E-state index contributed by atoms with van der Waals surface area (Å²) in [6, 6.07) is 3.06. The van der Waals surface area contributed by atoms with E-state index in [4.69, 9.17) is 0 Å². The van der Waals surface area contributed by atoms with Crippen LogP contribution in [-0.2, 0) is 9.53 Å². The lowest BCUT2D eigenvalue weighted by atomic mass is 10.1. The molecule has 4 heteroatoms. The van der Waals surface area contributed by atoms with E-state index < -0.39 is 17.6 Å². The van der Waals surface area contributed by atoms with Gasteiger partial charge in [-0.15, -0.1) is 0 Å². The summed E-state index contributed by atoms with van der Waals surface area (Å²) >= 11 is 0. The fourth-order valence-electron chi connectivity index (χ4n) is 1.11. The predicted molar refractivity (Wildman–Crippen MR) is 52.0 cm³/mol. The minimum atomic E-state index is -0.601. The fourth-order valence-corrected chi connectivity index (χ4v) is 1.11. The zero-order valence-corrected chi connectivity index (χ0v) is 8.38. The smallest absolute Gasteiger partial charge is 0.330 e. The SMILES string of the molecule is COC(=O)/C=C(/C)c1cc(F)ccc1F. The Morgan fingerprint density at radius 2 is 2.07 bits per heavy atom. The van der Waals surface area contributed by atoms with Crippen molar-refractivity contribution in [3.8, 4) is 0 Å². The van der Waals surface area contributed by atoms with Crippen LogP contribution in [0.1, 0.15) is 12.5 Å². The first-order chi connectivity index (χ1) is 7.04. The molecular weight excluding hydrogens is 202 g/mol. The summed E-state index contributed by atoms with van der Waals surface area (Å²) in [5.41, 5.74) is 0.374. The van der Waals surface area contributed by atoms with Gasteiger partial charge in [-0.1, -0.05) is 0 Å². The molecule has 0 radical (unpaired) electrons. The van der Waals surface area contributed by atoms with Gasteiger partial charge in [-0.05, 0) is 30.7 Å². The maximum absolute atomic E-state index is 13.2. The highest BCUT2D eigenvalue weighted by molar-refractivity contribution is 5.90. The van der Waals surface area contributed by atoms with Crippen LogP contribution in [0.25, 0.3) is 5.57 Å². The van der Waals surface area contributed by atoms with Crippen LogP contribution in [0, 0.1) is 11.6 Å². The molecule has 0 aromatic heterocycles. The molecule has 0 heterocycles. The average molecular weight is 212 g/mol. The topological polar surface area (TPSA) is 26.3 Å². The summed E-state index contributed by atoms with van der Waals surface area (Å²) in [5, 5.41) is 0. The van der Waals surface area contributed by atoms with Gasteiger partial charge < -0.3 is 4.74 Å². The number of methoxy groups -OCH3 is 1. The second-order valence-corrected chi connectivity index (χ2v) is 2.97. The minimum absolute atomic E-state index is 0.0559. The van der Waals surface area contributed by atoms with Crippen molar-refractivity contribution in [1.29, 1.82) is 0 Å². The third-order valence-electron chi connectivity index (χ3n) is 1.89. The number of hydrogen-bond donors (Lipinski definition) is 0. The quantitative estimate of drug-likeness (QED) is 0.556. The van der Waals surface area contributed by atoms with Crippen molar-refractivity contribution in [1.82, 2.24) is 0 Å². The van der Waals surface area contributed by atoms with E-state index in [1.54, 1.807) is 0 Å². The van der Waals surface area contributed by atoms with Crippen molar-refractivity contribution in [3.05, 3.63) is 41.5 Å². The Kier molecular flexibility index (Phi) is 3.55. The van der Waals surface area contributed by atoms with E-state index in [-0.39, 0.29) is 5.56 Å². The highest BCUT2D eigenvalue weighted by Crippen LogP contribution is 2.18. The Hall–Kier alpha value is -1.71. The number of rotatable bonds is 2. The number of allylic oxidation sites excluding steroid dienone is 1. The number of benzene rings is 1. The van der Waals surface area contributed by atoms with Gasteiger partial charge >= 0.3 is 5.97 Å². The fraction of sp³-hybridized carbons (Fsp3) is 0.182. The molecule has 0 N–H and O–H groups in total. The first-order valence-electron chi connectivity index (χ1n) is 4.26. The van der Waals surface area contributed by atoms with Gasteiger partial charge in [0, 0.05) is 11.6 Å². The maximum atomic E-state index is 13.2. The lowest BCUT2D eigenvalue weighted by molar-refractivity contribution is -0.134. The number of esters is 1. The molecule has 0 fully saturated rings. The number of carbonyl (C=O) groups is 1. The van der Waals surface area contributed by atoms with E-state index in [1.165, 1.54) is 14.0 Å². The lowest BCUT2D eigenvalue weighted by Gasteiger charge is -2.03. The van der Waals surface area contributed by atoms with Gasteiger partial charge in [-0.25, -0.2) is 13.6 Å². The van der Waals surface area contributed by atoms with Gasteiger partial charge in [0.15, 0.2) is 0 Å². The molecule has 0 aliphatic heterocycles. The molecule has 1 aromatic carbocycles. The summed E-state index contributed by atoms with van der Waals surface area (Å²) in [6.07, 6.45) is 1.11. The second-order valence-electron chi connectivity index (χ2n) is 2.97. The highest BCUT2D eigenvalue weighted by atomic mass is 19.1. The van der Waals surface area contributed by atoms with Crippen LogP contribution < -0.4 is 0 Å². The van der Waals surface area contributed by atoms with Crippen molar-refractivity contribution in [2.24, 2.45) is 0 Å². The second kappa shape index (κ2) is 4.68. The number of halogens is 2. The summed E-state index contributed by atoms with van der Waals surface area (Å²) in [4.78, 5) is 10.9. The van der Waals surface area contributed by atoms with Crippen molar-refractivity contribution in [2.75, 3.05) is 7.11 Å². The van der Waals surface area contributed by atoms with Gasteiger partial charge in [-0.2, -0.15) is 0 Å². The minimum Gasteiger partial charge on any atom is -0.466 e. The molecular formula is C11H10F2O2. The van der Waals surface area contributed by atoms with Crippen LogP contribution in [-0.4, -0.2) is 13.1 Å². The van der Waals surface area contributed by atoms with E-state index in [1.807, 2.05) is 0 Å². The van der Waals surface area contributed by atoms with Gasteiger partial charge in [0.1, 0.15) is 11.6 Å². The molecule has 0 saturated heterocycles. The van der Waals surface area contributed by atoms with E-state index in [0.29, 0.717) is 5.57 Å². The van der Waals surface area contributed by atoms with Crippen LogP contribution in [0.2, 0.25) is 0 Å². The van der Waals surface area contributed by atoms with Crippen LogP contribution in [0.5, 0.6) is 0 Å². The molecule has 15 heavy (non-hydrogen) atoms. The molecule has 1 aromatic rings. The number of carbonyl (C=O) groups excluding carboxylic acids is 1. The van der Waals surface area contributed by atoms with E-state index in [9.17, 15) is 13.6 Å². The first-order valence-corrected chi connectivity index (χ1v) is 4.26. The molecule has 0 spiro atoms. The van der Waals surface area contributed by atoms with Crippen LogP contribution >= 0.6 is 0 Å². The van der Waals surface area contributed by atoms with Crippen molar-refractivity contribution in [3.63, 3.8) is 0 Å². The van der Waals surface area contributed by atoms with Crippen LogP contribution in [0.15, 0.2) is 24.3 Å². The standard InChI is InChI=1S/C11H10F2O2/c1-7(5-11(14)15-2)9-6-8(12)3-4-10(9)13/h3-6H,1-2H3/b7-5-. The largest absolute Gasteiger partial charge is 0.466 e. The van der Waals surface area contributed by atoms with Gasteiger partial charge in [0.2, 0.25) is 0 Å². The highest BCUT2D eigenvalue weighted by Gasteiger charge is 2.07. The maximum Gasteiger partial charge on any atom is 0.330 e. The first kappa shape index (κ1) is 11.4. The molecule has 80 valence electrons. The summed E-state index contributed by atoms with van der Waals surface area (Å²) < 4.78 is 30.4. The molecule has 0 amide bonds. The number of hydrogen-bond acceptors (Lipinski definition) is 2. The van der Waals surface area contributed by atoms with Crippen LogP contribution in [0.3, 0.4) is 0 Å². The van der Waals surface area contributed by atoms with Crippen molar-refractivity contribution < 1.29 is 18.3 Å². The Balaban J connectivity index is 3.10. The Bertz CT molecular complexity index is 411. The van der Waals surface area contributed by atoms with Crippen molar-refractivity contribution in [2.45, 2.75) is 6.92 Å². The molecule has 2 nitrogen and oxygen atoms in total. The Labute approximate surface area is 86.2 Å². The Morgan fingerprint density at radius 3 is 2.67 bits per heavy atom. The molecule has 0 bridgehead atoms. The van der Waals surface area contributed by atoms with E-state index in [2.05, 4.69) is 4.74 Å². The lowest BCUT2D eigenvalue weighted by Crippen LogP contribution is -1.97. The molecule has 0 unspecified atom stereocenters. The third kappa shape index (κ3) is 2.87. The van der Waals surface area contributed by atoms with Gasteiger partial charge in [0.05, 0.1) is 7.11 Å². The zero-order valence-electron chi connectivity index (χ0n) is 8.38. The number of ether oxygens (including phenoxy) is 1. The molecule has 0 aliphatic carbocycles. The molecule has 0 atom stereocenters. The van der Waals surface area contributed by atoms with Gasteiger partial charge in [0.25, 0.3) is 0 Å². The normalized spacial score (nSPS) is 11.3. The third-order valence-corrected chi connectivity index (χ3v) is 1.89. The van der Waals surface area contributed by atoms with Gasteiger partial charge in [-0.3, -0.25) is 0 Å². The molecule has 1 rings (SSSR count). The van der Waals surface area contributed by atoms with Crippen molar-refractivity contribution >= 4 is 11.5 Å². The van der Waals surface area contributed by atoms with E-state index >= 15 is 0 Å². The summed E-state index contributed by atoms with van der Waals surface area (Å²) in [6.45, 7) is 1.51. The average Bonchev–Trinajstić information content (AvgIpc) is 2.21. The summed E-state index contributed by atoms with van der Waals surface area (Å²) in [5.74, 6) is -1.73. The molecule has 0 saturated carbocycles. The Morgan fingerprint density at radius 1 is 1.40 bits per heavy atom. The summed E-state index contributed by atoms with van der Waals surface area (Å²) in [7, 11) is 1.22. The van der Waals surface area contributed by atoms with Crippen LogP contribution in [0.4, 0.5) is 8.78 Å². The van der Waals surface area contributed by atoms with E-state index in [0.717, 1.165) is 24.3 Å². The zero-order chi connectivity index (χ0) is 11.4. The monoisotopic (exact) mass is 212 g/mol. The molecule has 0 aliphatic rings. The predicted octanol–water partition coefficient (Wildman–Crippen LogP) is 2.54.